The quantitative estimate of drug-likeness (QED) is 0.625. The molecule has 1 atom stereocenters. The summed E-state index contributed by atoms with van der Waals surface area (Å²) in [5, 5.41) is 12.5. The minimum atomic E-state index is -2.40. The molecule has 1 aromatic carbocycles. The van der Waals surface area contributed by atoms with Crippen molar-refractivity contribution >= 4 is 11.9 Å². The van der Waals surface area contributed by atoms with Crippen LogP contribution in [0.4, 0.5) is 0 Å². The number of ether oxygens (including phenoxy) is 2. The van der Waals surface area contributed by atoms with Crippen LogP contribution in [0.3, 0.4) is 0 Å². The minimum Gasteiger partial charge on any atom is -0.422 e. The number of hydrogen-bond donors (Lipinski definition) is 2. The standard InChI is InChI=1S/C19H29NO5/c1-18(2,3)16(22)24-14-9-8-12(13(21)11-20-7)10-15(14)25-17(23)19(4,5)6/h8-10,13,20-21H,11H2,1-7H3/i7D3. The van der Waals surface area contributed by atoms with Gasteiger partial charge in [-0.25, -0.2) is 0 Å². The van der Waals surface area contributed by atoms with E-state index in [-0.39, 0.29) is 18.0 Å². The number of esters is 2. The molecule has 0 radical (unpaired) electrons. The highest BCUT2D eigenvalue weighted by Crippen LogP contribution is 2.34. The first kappa shape index (κ1) is 16.5. The molecular weight excluding hydrogens is 322 g/mol. The zero-order chi connectivity index (χ0) is 21.9. The highest BCUT2D eigenvalue weighted by molar-refractivity contribution is 5.81. The first-order valence-electron chi connectivity index (χ1n) is 9.52. The monoisotopic (exact) mass is 354 g/mol. The zero-order valence-electron chi connectivity index (χ0n) is 18.6. The average molecular weight is 354 g/mol. The van der Waals surface area contributed by atoms with E-state index in [4.69, 9.17) is 13.6 Å². The fraction of sp³-hybridized carbons (Fsp3) is 0.579. The minimum absolute atomic E-state index is 0.0250. The van der Waals surface area contributed by atoms with Crippen LogP contribution in [-0.2, 0) is 9.59 Å². The predicted octanol–water partition coefficient (Wildman–Crippen LogP) is 2.84. The molecule has 6 heteroatoms. The number of aliphatic hydroxyl groups excluding tert-OH is 1. The van der Waals surface area contributed by atoms with Gasteiger partial charge >= 0.3 is 11.9 Å². The van der Waals surface area contributed by atoms with Crippen LogP contribution < -0.4 is 14.8 Å². The fourth-order valence-corrected chi connectivity index (χ4v) is 1.62. The van der Waals surface area contributed by atoms with Gasteiger partial charge < -0.3 is 19.9 Å². The molecule has 1 aromatic rings. The summed E-state index contributed by atoms with van der Waals surface area (Å²) in [6, 6.07) is 4.25. The Morgan fingerprint density at radius 2 is 1.60 bits per heavy atom. The Labute approximate surface area is 153 Å². The second-order valence-electron chi connectivity index (χ2n) is 7.88. The van der Waals surface area contributed by atoms with E-state index in [2.05, 4.69) is 5.32 Å². The van der Waals surface area contributed by atoms with Crippen molar-refractivity contribution in [3.63, 3.8) is 0 Å². The molecule has 2 N–H and O–H groups in total. The van der Waals surface area contributed by atoms with Crippen LogP contribution >= 0.6 is 0 Å². The number of carbonyl (C=O) groups excluding carboxylic acids is 2. The Hall–Kier alpha value is -1.92. The van der Waals surface area contributed by atoms with Crippen LogP contribution in [0.1, 0.15) is 57.3 Å². The molecular formula is C19H29NO5. The van der Waals surface area contributed by atoms with E-state index in [1.54, 1.807) is 41.5 Å². The molecule has 0 aliphatic rings. The largest absolute Gasteiger partial charge is 0.422 e. The average Bonchev–Trinajstić information content (AvgIpc) is 2.51. The second kappa shape index (κ2) is 7.97. The number of likely N-dealkylation sites (N-methyl/N-ethyl adjacent to an activating group) is 1. The lowest BCUT2D eigenvalue weighted by atomic mass is 9.97. The maximum atomic E-state index is 12.3. The summed E-state index contributed by atoms with van der Waals surface area (Å²) in [7, 11) is 0. The van der Waals surface area contributed by atoms with Crippen molar-refractivity contribution in [1.82, 2.24) is 5.32 Å². The van der Waals surface area contributed by atoms with Crippen molar-refractivity contribution in [1.29, 1.82) is 0 Å². The number of hydrogen-bond acceptors (Lipinski definition) is 6. The SMILES string of the molecule is [2H]C([2H])([2H])NCC(O)c1ccc(OC(=O)C(C)(C)C)c(OC(=O)C(C)(C)C)c1. The number of benzene rings is 1. The molecule has 0 heterocycles. The first-order valence-corrected chi connectivity index (χ1v) is 8.02. The van der Waals surface area contributed by atoms with E-state index in [0.29, 0.717) is 5.56 Å². The predicted molar refractivity (Wildman–Crippen MR) is 95.5 cm³/mol. The summed E-state index contributed by atoms with van der Waals surface area (Å²) in [6.07, 6.45) is -1.17. The lowest BCUT2D eigenvalue weighted by Gasteiger charge is -2.21. The van der Waals surface area contributed by atoms with Gasteiger partial charge in [-0.3, -0.25) is 9.59 Å². The molecule has 0 aliphatic heterocycles. The van der Waals surface area contributed by atoms with Crippen LogP contribution in [0.5, 0.6) is 11.5 Å². The molecule has 0 fully saturated rings. The molecule has 1 unspecified atom stereocenters. The molecule has 1 rings (SSSR count). The van der Waals surface area contributed by atoms with Gasteiger partial charge in [-0.05, 0) is 66.2 Å². The van der Waals surface area contributed by atoms with Crippen LogP contribution in [0.2, 0.25) is 0 Å². The van der Waals surface area contributed by atoms with Crippen molar-refractivity contribution in [2.24, 2.45) is 10.8 Å². The summed E-state index contributed by atoms with van der Waals surface area (Å²) in [6.45, 7) is 7.46. The molecule has 140 valence electrons. The number of carbonyl (C=O) groups is 2. The van der Waals surface area contributed by atoms with Gasteiger partial charge in [0.2, 0.25) is 0 Å². The number of aliphatic hydroxyl groups is 1. The number of nitrogens with one attached hydrogen (secondary N) is 1. The third-order valence-electron chi connectivity index (χ3n) is 3.28. The molecule has 0 saturated heterocycles. The Morgan fingerprint density at radius 3 is 2.08 bits per heavy atom. The highest BCUT2D eigenvalue weighted by atomic mass is 16.6. The van der Waals surface area contributed by atoms with Crippen LogP contribution in [0.15, 0.2) is 18.2 Å². The highest BCUT2D eigenvalue weighted by Gasteiger charge is 2.28. The van der Waals surface area contributed by atoms with Gasteiger partial charge in [-0.2, -0.15) is 0 Å². The lowest BCUT2D eigenvalue weighted by molar-refractivity contribution is -0.145. The Bertz CT molecular complexity index is 718. The van der Waals surface area contributed by atoms with Gasteiger partial charge in [0.25, 0.3) is 0 Å². The molecule has 0 bridgehead atoms. The molecule has 0 aliphatic carbocycles. The van der Waals surface area contributed by atoms with Crippen molar-refractivity contribution in [2.75, 3.05) is 13.5 Å². The smallest absolute Gasteiger partial charge is 0.316 e. The fourth-order valence-electron chi connectivity index (χ4n) is 1.62. The van der Waals surface area contributed by atoms with Crippen LogP contribution in [0.25, 0.3) is 0 Å². The summed E-state index contributed by atoms with van der Waals surface area (Å²) in [5.74, 6) is -1.05. The lowest BCUT2D eigenvalue weighted by Crippen LogP contribution is -2.28. The summed E-state index contributed by atoms with van der Waals surface area (Å²) >= 11 is 0. The number of rotatable bonds is 5. The van der Waals surface area contributed by atoms with Gasteiger partial charge in [0, 0.05) is 10.7 Å². The molecule has 0 amide bonds. The van der Waals surface area contributed by atoms with E-state index in [1.165, 1.54) is 18.2 Å². The van der Waals surface area contributed by atoms with Gasteiger partial charge in [-0.1, -0.05) is 6.07 Å². The van der Waals surface area contributed by atoms with Gasteiger partial charge in [0.15, 0.2) is 11.5 Å². The molecule has 25 heavy (non-hydrogen) atoms. The van der Waals surface area contributed by atoms with Gasteiger partial charge in [-0.15, -0.1) is 0 Å². The topological polar surface area (TPSA) is 84.9 Å². The van der Waals surface area contributed by atoms with Crippen LogP contribution in [-0.4, -0.2) is 30.6 Å². The van der Waals surface area contributed by atoms with E-state index in [0.717, 1.165) is 0 Å². The van der Waals surface area contributed by atoms with Gasteiger partial charge in [0.1, 0.15) is 0 Å². The third-order valence-corrected chi connectivity index (χ3v) is 3.28. The maximum absolute atomic E-state index is 12.3. The van der Waals surface area contributed by atoms with Crippen molar-refractivity contribution in [3.8, 4) is 11.5 Å². The Morgan fingerprint density at radius 1 is 1.08 bits per heavy atom. The van der Waals surface area contributed by atoms with E-state index < -0.39 is 35.8 Å². The summed E-state index contributed by atoms with van der Waals surface area (Å²) in [5.41, 5.74) is -1.26. The first-order chi connectivity index (χ1) is 12.5. The summed E-state index contributed by atoms with van der Waals surface area (Å²) in [4.78, 5) is 24.5. The van der Waals surface area contributed by atoms with Crippen LogP contribution in [0, 0.1) is 10.8 Å². The maximum Gasteiger partial charge on any atom is 0.316 e. The van der Waals surface area contributed by atoms with E-state index in [9.17, 15) is 14.7 Å². The van der Waals surface area contributed by atoms with Crippen molar-refractivity contribution < 1.29 is 28.3 Å². The van der Waals surface area contributed by atoms with Crippen molar-refractivity contribution in [3.05, 3.63) is 23.8 Å². The molecule has 0 aromatic heterocycles. The Balaban J connectivity index is 3.19. The summed E-state index contributed by atoms with van der Waals surface area (Å²) < 4.78 is 32.2. The normalized spacial score (nSPS) is 15.6. The van der Waals surface area contributed by atoms with E-state index in [1.807, 2.05) is 0 Å². The third kappa shape index (κ3) is 6.14. The van der Waals surface area contributed by atoms with E-state index >= 15 is 0 Å². The molecule has 0 spiro atoms. The zero-order valence-corrected chi connectivity index (χ0v) is 15.6. The Kier molecular flexibility index (Phi) is 5.28. The molecule has 6 nitrogen and oxygen atoms in total. The molecule has 0 saturated carbocycles. The second-order valence-corrected chi connectivity index (χ2v) is 7.88. The van der Waals surface area contributed by atoms with Crippen molar-refractivity contribution in [2.45, 2.75) is 47.6 Å². The van der Waals surface area contributed by atoms with Gasteiger partial charge in [0.05, 0.1) is 16.9 Å².